The molecule has 0 radical (unpaired) electrons. The van der Waals surface area contributed by atoms with Crippen molar-refractivity contribution in [3.05, 3.63) is 0 Å². The van der Waals surface area contributed by atoms with E-state index in [1.54, 1.807) is 0 Å². The van der Waals surface area contributed by atoms with Gasteiger partial charge in [0.25, 0.3) is 0 Å². The van der Waals surface area contributed by atoms with Crippen LogP contribution in [0.1, 0.15) is 25.7 Å². The van der Waals surface area contributed by atoms with Crippen LogP contribution < -0.4 is 0 Å². The lowest BCUT2D eigenvalue weighted by Gasteiger charge is -2.30. The summed E-state index contributed by atoms with van der Waals surface area (Å²) in [7, 11) is 0. The van der Waals surface area contributed by atoms with Gasteiger partial charge in [-0.05, 0) is 30.8 Å². The SMILES string of the molecule is O=C1CCC2C(C3SCCCS3)CCN12. The van der Waals surface area contributed by atoms with Gasteiger partial charge in [0.1, 0.15) is 0 Å². The second-order valence-electron chi connectivity index (χ2n) is 4.61. The Morgan fingerprint density at radius 3 is 2.80 bits per heavy atom. The van der Waals surface area contributed by atoms with E-state index in [9.17, 15) is 4.79 Å². The predicted molar refractivity (Wildman–Crippen MR) is 66.2 cm³/mol. The second-order valence-corrected chi connectivity index (χ2v) is 7.41. The smallest absolute Gasteiger partial charge is 0.222 e. The maximum atomic E-state index is 11.6. The molecule has 0 spiro atoms. The summed E-state index contributed by atoms with van der Waals surface area (Å²) >= 11 is 4.27. The molecule has 4 heteroatoms. The maximum Gasteiger partial charge on any atom is 0.222 e. The summed E-state index contributed by atoms with van der Waals surface area (Å²) in [4.78, 5) is 13.7. The van der Waals surface area contributed by atoms with Gasteiger partial charge in [-0.2, -0.15) is 0 Å². The van der Waals surface area contributed by atoms with Gasteiger partial charge < -0.3 is 4.90 Å². The molecule has 0 aromatic heterocycles. The summed E-state index contributed by atoms with van der Waals surface area (Å²) in [6.07, 6.45) is 4.55. The Hall–Kier alpha value is 0.170. The zero-order valence-electron chi connectivity index (χ0n) is 8.85. The first-order valence-corrected chi connectivity index (χ1v) is 7.99. The van der Waals surface area contributed by atoms with Gasteiger partial charge in [0.15, 0.2) is 0 Å². The van der Waals surface area contributed by atoms with Crippen molar-refractivity contribution in [3.8, 4) is 0 Å². The summed E-state index contributed by atoms with van der Waals surface area (Å²) in [6, 6.07) is 0.598. The van der Waals surface area contributed by atoms with Crippen LogP contribution in [0.15, 0.2) is 0 Å². The van der Waals surface area contributed by atoms with Gasteiger partial charge in [-0.3, -0.25) is 4.79 Å². The molecule has 0 bridgehead atoms. The van der Waals surface area contributed by atoms with E-state index in [2.05, 4.69) is 28.4 Å². The van der Waals surface area contributed by atoms with Crippen LogP contribution >= 0.6 is 23.5 Å². The lowest BCUT2D eigenvalue weighted by Crippen LogP contribution is -2.33. The van der Waals surface area contributed by atoms with Gasteiger partial charge >= 0.3 is 0 Å². The fourth-order valence-electron chi connectivity index (χ4n) is 3.04. The van der Waals surface area contributed by atoms with Crippen molar-refractivity contribution in [1.29, 1.82) is 0 Å². The molecule has 2 unspecified atom stereocenters. The molecule has 3 fully saturated rings. The molecule has 1 amide bonds. The number of amides is 1. The predicted octanol–water partition coefficient (Wildman–Crippen LogP) is 2.19. The summed E-state index contributed by atoms with van der Waals surface area (Å²) in [5, 5.41) is 0. The van der Waals surface area contributed by atoms with Crippen molar-refractivity contribution in [2.24, 2.45) is 5.92 Å². The van der Waals surface area contributed by atoms with Gasteiger partial charge in [-0.15, -0.1) is 23.5 Å². The highest BCUT2D eigenvalue weighted by atomic mass is 32.2. The lowest BCUT2D eigenvalue weighted by atomic mass is 10.0. The minimum absolute atomic E-state index is 0.410. The molecule has 3 aliphatic rings. The first-order chi connectivity index (χ1) is 7.36. The number of nitrogens with zero attached hydrogens (tertiary/aromatic N) is 1. The maximum absolute atomic E-state index is 11.6. The van der Waals surface area contributed by atoms with Crippen molar-refractivity contribution in [1.82, 2.24) is 4.90 Å². The zero-order valence-corrected chi connectivity index (χ0v) is 10.5. The van der Waals surface area contributed by atoms with Gasteiger partial charge in [-0.25, -0.2) is 0 Å². The highest BCUT2D eigenvalue weighted by Crippen LogP contribution is 2.45. The van der Waals surface area contributed by atoms with Crippen molar-refractivity contribution in [2.75, 3.05) is 18.1 Å². The molecular formula is C11H17NOS2. The van der Waals surface area contributed by atoms with E-state index < -0.39 is 0 Å². The number of carbonyl (C=O) groups is 1. The second kappa shape index (κ2) is 4.21. The number of fused-ring (bicyclic) bond motifs is 1. The average molecular weight is 243 g/mol. The Kier molecular flexibility index (Phi) is 2.90. The molecule has 3 saturated heterocycles. The van der Waals surface area contributed by atoms with Gasteiger partial charge in [0.2, 0.25) is 5.91 Å². The van der Waals surface area contributed by atoms with E-state index >= 15 is 0 Å². The minimum Gasteiger partial charge on any atom is -0.339 e. The van der Waals surface area contributed by atoms with E-state index in [0.717, 1.165) is 29.9 Å². The third-order valence-corrected chi connectivity index (χ3v) is 7.00. The minimum atomic E-state index is 0.410. The summed E-state index contributed by atoms with van der Waals surface area (Å²) < 4.78 is 0.777. The van der Waals surface area contributed by atoms with Crippen LogP contribution in [-0.4, -0.2) is 39.5 Å². The van der Waals surface area contributed by atoms with E-state index in [1.807, 2.05) is 0 Å². The third-order valence-electron chi connectivity index (χ3n) is 3.77. The molecule has 3 heterocycles. The fraction of sp³-hybridized carbons (Fsp3) is 0.909. The van der Waals surface area contributed by atoms with Crippen LogP contribution in [-0.2, 0) is 4.79 Å². The molecule has 0 N–H and O–H groups in total. The molecule has 0 aromatic carbocycles. The van der Waals surface area contributed by atoms with E-state index in [1.165, 1.54) is 24.3 Å². The molecule has 0 aromatic rings. The van der Waals surface area contributed by atoms with Gasteiger partial charge in [0, 0.05) is 24.9 Å². The molecule has 0 saturated carbocycles. The van der Waals surface area contributed by atoms with Crippen molar-refractivity contribution >= 4 is 29.4 Å². The van der Waals surface area contributed by atoms with E-state index in [4.69, 9.17) is 0 Å². The number of carbonyl (C=O) groups excluding carboxylic acids is 1. The highest BCUT2D eigenvalue weighted by molar-refractivity contribution is 8.17. The number of rotatable bonds is 1. The Morgan fingerprint density at radius 2 is 2.00 bits per heavy atom. The summed E-state index contributed by atoms with van der Waals surface area (Å²) in [5.74, 6) is 3.85. The summed E-state index contributed by atoms with van der Waals surface area (Å²) in [5.41, 5.74) is 0. The standard InChI is InChI=1S/C11H17NOS2/c13-10-3-2-9-8(4-5-12(9)10)11-14-6-1-7-15-11/h8-9,11H,1-7H2. The average Bonchev–Trinajstić information content (AvgIpc) is 2.83. The topological polar surface area (TPSA) is 20.3 Å². The molecule has 84 valence electrons. The van der Waals surface area contributed by atoms with Gasteiger partial charge in [-0.1, -0.05) is 0 Å². The van der Waals surface area contributed by atoms with Crippen LogP contribution in [0.5, 0.6) is 0 Å². The van der Waals surface area contributed by atoms with Crippen LogP contribution in [0.3, 0.4) is 0 Å². The molecule has 15 heavy (non-hydrogen) atoms. The Bertz CT molecular complexity index is 265. The van der Waals surface area contributed by atoms with E-state index in [-0.39, 0.29) is 0 Å². The Labute approximate surface area is 99.5 Å². The van der Waals surface area contributed by atoms with Crippen LogP contribution in [0.25, 0.3) is 0 Å². The fourth-order valence-corrected chi connectivity index (χ4v) is 6.40. The van der Waals surface area contributed by atoms with Crippen LogP contribution in [0, 0.1) is 5.92 Å². The molecule has 2 atom stereocenters. The van der Waals surface area contributed by atoms with Crippen molar-refractivity contribution in [3.63, 3.8) is 0 Å². The molecule has 0 aliphatic carbocycles. The number of thioether (sulfide) groups is 2. The van der Waals surface area contributed by atoms with Crippen LogP contribution in [0.2, 0.25) is 0 Å². The monoisotopic (exact) mass is 243 g/mol. The van der Waals surface area contributed by atoms with E-state index in [0.29, 0.717) is 11.9 Å². The normalized spacial score (nSPS) is 37.3. The molecule has 2 nitrogen and oxygen atoms in total. The highest BCUT2D eigenvalue weighted by Gasteiger charge is 2.45. The first-order valence-electron chi connectivity index (χ1n) is 5.89. The Morgan fingerprint density at radius 1 is 1.20 bits per heavy atom. The molecular weight excluding hydrogens is 226 g/mol. The first kappa shape index (κ1) is 10.3. The zero-order chi connectivity index (χ0) is 10.3. The lowest BCUT2D eigenvalue weighted by molar-refractivity contribution is -0.128. The van der Waals surface area contributed by atoms with Crippen molar-refractivity contribution < 1.29 is 4.79 Å². The number of hydrogen-bond acceptors (Lipinski definition) is 3. The molecule has 3 aliphatic heterocycles. The van der Waals surface area contributed by atoms with Crippen LogP contribution in [0.4, 0.5) is 0 Å². The quantitative estimate of drug-likeness (QED) is 0.704. The third kappa shape index (κ3) is 1.80. The molecule has 3 rings (SSSR count). The summed E-state index contributed by atoms with van der Waals surface area (Å²) in [6.45, 7) is 1.03. The Balaban J connectivity index is 1.69. The van der Waals surface area contributed by atoms with Crippen molar-refractivity contribution in [2.45, 2.75) is 36.3 Å². The van der Waals surface area contributed by atoms with Gasteiger partial charge in [0.05, 0.1) is 4.58 Å². The largest absolute Gasteiger partial charge is 0.339 e. The number of hydrogen-bond donors (Lipinski definition) is 0.